The average Bonchev–Trinajstić information content (AvgIpc) is 2.01. The molecular formula is C9H19NO2. The Kier molecular flexibility index (Phi) is 3.09. The van der Waals surface area contributed by atoms with E-state index in [1.165, 1.54) is 0 Å². The van der Waals surface area contributed by atoms with Crippen LogP contribution in [-0.2, 0) is 9.47 Å². The van der Waals surface area contributed by atoms with Gasteiger partial charge in [0.2, 0.25) is 0 Å². The van der Waals surface area contributed by atoms with Gasteiger partial charge >= 0.3 is 0 Å². The second-order valence-corrected chi connectivity index (χ2v) is 4.14. The molecule has 72 valence electrons. The summed E-state index contributed by atoms with van der Waals surface area (Å²) in [5, 5.41) is 0. The topological polar surface area (TPSA) is 44.5 Å². The number of nitrogens with two attached hydrogens (primary N) is 1. The summed E-state index contributed by atoms with van der Waals surface area (Å²) < 4.78 is 11.3. The van der Waals surface area contributed by atoms with Crippen LogP contribution in [-0.4, -0.2) is 31.5 Å². The Morgan fingerprint density at radius 1 is 1.58 bits per heavy atom. The van der Waals surface area contributed by atoms with Crippen molar-refractivity contribution in [3.8, 4) is 0 Å². The maximum atomic E-state index is 5.82. The van der Waals surface area contributed by atoms with E-state index in [1.54, 1.807) is 0 Å². The molecule has 1 rings (SSSR count). The number of hydrogen-bond acceptors (Lipinski definition) is 3. The Balaban J connectivity index is 2.46. The molecule has 3 nitrogen and oxygen atoms in total. The third-order valence-electron chi connectivity index (χ3n) is 2.21. The predicted octanol–water partition coefficient (Wildman–Crippen LogP) is 0.775. The smallest absolute Gasteiger partial charge is 0.0864 e. The van der Waals surface area contributed by atoms with Crippen molar-refractivity contribution >= 4 is 0 Å². The first-order valence-corrected chi connectivity index (χ1v) is 4.51. The zero-order valence-corrected chi connectivity index (χ0v) is 8.17. The Hall–Kier alpha value is -0.120. The van der Waals surface area contributed by atoms with E-state index < -0.39 is 0 Å². The van der Waals surface area contributed by atoms with Crippen LogP contribution in [0.4, 0.5) is 0 Å². The lowest BCUT2D eigenvalue weighted by molar-refractivity contribution is -0.195. The maximum absolute atomic E-state index is 5.82. The van der Waals surface area contributed by atoms with Crippen LogP contribution in [0.15, 0.2) is 0 Å². The molecule has 0 saturated carbocycles. The van der Waals surface area contributed by atoms with Crippen molar-refractivity contribution in [3.05, 3.63) is 0 Å². The number of ether oxygens (including phenoxy) is 2. The van der Waals surface area contributed by atoms with Gasteiger partial charge in [-0.25, -0.2) is 0 Å². The van der Waals surface area contributed by atoms with E-state index in [2.05, 4.69) is 6.92 Å². The van der Waals surface area contributed by atoms with Crippen molar-refractivity contribution < 1.29 is 9.47 Å². The van der Waals surface area contributed by atoms with Gasteiger partial charge in [-0.05, 0) is 26.3 Å². The van der Waals surface area contributed by atoms with Crippen LogP contribution in [0.25, 0.3) is 0 Å². The SMILES string of the molecule is C[C@@H](CN)C1COCC(C)(C)O1. The van der Waals surface area contributed by atoms with E-state index in [-0.39, 0.29) is 11.7 Å². The van der Waals surface area contributed by atoms with Crippen molar-refractivity contribution in [1.82, 2.24) is 0 Å². The summed E-state index contributed by atoms with van der Waals surface area (Å²) in [6, 6.07) is 0. The van der Waals surface area contributed by atoms with Crippen molar-refractivity contribution in [2.75, 3.05) is 19.8 Å². The average molecular weight is 173 g/mol. The van der Waals surface area contributed by atoms with Gasteiger partial charge in [0.15, 0.2) is 0 Å². The molecule has 1 aliphatic heterocycles. The normalized spacial score (nSPS) is 31.5. The summed E-state index contributed by atoms with van der Waals surface area (Å²) in [5.74, 6) is 0.379. The van der Waals surface area contributed by atoms with Gasteiger partial charge in [0.25, 0.3) is 0 Å². The van der Waals surface area contributed by atoms with E-state index in [0.29, 0.717) is 25.7 Å². The summed E-state index contributed by atoms with van der Waals surface area (Å²) in [4.78, 5) is 0. The molecule has 0 aromatic heterocycles. The van der Waals surface area contributed by atoms with E-state index in [1.807, 2.05) is 13.8 Å². The largest absolute Gasteiger partial charge is 0.376 e. The minimum Gasteiger partial charge on any atom is -0.376 e. The number of hydrogen-bond donors (Lipinski definition) is 1. The standard InChI is InChI=1S/C9H19NO2/c1-7(4-10)8-5-11-6-9(2,3)12-8/h7-8H,4-6,10H2,1-3H3/t7-,8?/m0/s1. The molecule has 0 radical (unpaired) electrons. The zero-order valence-electron chi connectivity index (χ0n) is 8.17. The molecule has 1 fully saturated rings. The van der Waals surface area contributed by atoms with Crippen LogP contribution in [0.2, 0.25) is 0 Å². The highest BCUT2D eigenvalue weighted by Gasteiger charge is 2.31. The zero-order chi connectivity index (χ0) is 9.19. The molecule has 1 heterocycles. The van der Waals surface area contributed by atoms with E-state index in [4.69, 9.17) is 15.2 Å². The fourth-order valence-electron chi connectivity index (χ4n) is 1.33. The van der Waals surface area contributed by atoms with Gasteiger partial charge in [0, 0.05) is 0 Å². The second-order valence-electron chi connectivity index (χ2n) is 4.14. The Labute approximate surface area is 74.2 Å². The molecule has 0 bridgehead atoms. The fourth-order valence-corrected chi connectivity index (χ4v) is 1.33. The van der Waals surface area contributed by atoms with E-state index >= 15 is 0 Å². The van der Waals surface area contributed by atoms with Crippen LogP contribution in [0.5, 0.6) is 0 Å². The molecule has 1 unspecified atom stereocenters. The lowest BCUT2D eigenvalue weighted by atomic mass is 10.0. The van der Waals surface area contributed by atoms with Crippen LogP contribution in [0, 0.1) is 5.92 Å². The van der Waals surface area contributed by atoms with Crippen molar-refractivity contribution in [2.45, 2.75) is 32.5 Å². The maximum Gasteiger partial charge on any atom is 0.0864 e. The van der Waals surface area contributed by atoms with Gasteiger partial charge in [0.1, 0.15) is 0 Å². The van der Waals surface area contributed by atoms with Gasteiger partial charge in [-0.15, -0.1) is 0 Å². The monoisotopic (exact) mass is 173 g/mol. The third-order valence-corrected chi connectivity index (χ3v) is 2.21. The van der Waals surface area contributed by atoms with Gasteiger partial charge in [-0.1, -0.05) is 6.92 Å². The molecule has 3 heteroatoms. The first kappa shape index (κ1) is 9.96. The molecule has 0 amide bonds. The second kappa shape index (κ2) is 3.73. The lowest BCUT2D eigenvalue weighted by Crippen LogP contribution is -2.47. The molecule has 2 atom stereocenters. The Morgan fingerprint density at radius 3 is 2.75 bits per heavy atom. The molecular weight excluding hydrogens is 154 g/mol. The van der Waals surface area contributed by atoms with E-state index in [0.717, 1.165) is 0 Å². The summed E-state index contributed by atoms with van der Waals surface area (Å²) in [6.07, 6.45) is 0.166. The highest BCUT2D eigenvalue weighted by Crippen LogP contribution is 2.22. The van der Waals surface area contributed by atoms with Crippen LogP contribution < -0.4 is 5.73 Å². The first-order chi connectivity index (χ1) is 5.55. The van der Waals surface area contributed by atoms with Crippen LogP contribution in [0.3, 0.4) is 0 Å². The summed E-state index contributed by atoms with van der Waals surface area (Å²) in [6.45, 7) is 8.20. The quantitative estimate of drug-likeness (QED) is 0.671. The van der Waals surface area contributed by atoms with E-state index in [9.17, 15) is 0 Å². The van der Waals surface area contributed by atoms with Crippen LogP contribution >= 0.6 is 0 Å². The molecule has 0 aromatic rings. The lowest BCUT2D eigenvalue weighted by Gasteiger charge is -2.38. The molecule has 2 N–H and O–H groups in total. The first-order valence-electron chi connectivity index (χ1n) is 4.51. The van der Waals surface area contributed by atoms with Gasteiger partial charge < -0.3 is 15.2 Å². The minimum atomic E-state index is -0.146. The van der Waals surface area contributed by atoms with Gasteiger partial charge in [0.05, 0.1) is 24.9 Å². The molecule has 12 heavy (non-hydrogen) atoms. The third kappa shape index (κ3) is 2.44. The molecule has 0 aliphatic carbocycles. The van der Waals surface area contributed by atoms with Gasteiger partial charge in [-0.3, -0.25) is 0 Å². The van der Waals surface area contributed by atoms with Crippen molar-refractivity contribution in [2.24, 2.45) is 11.7 Å². The summed E-state index contributed by atoms with van der Waals surface area (Å²) in [5.41, 5.74) is 5.41. The highest BCUT2D eigenvalue weighted by atomic mass is 16.6. The predicted molar refractivity (Wildman–Crippen MR) is 48.0 cm³/mol. The van der Waals surface area contributed by atoms with Crippen molar-refractivity contribution in [3.63, 3.8) is 0 Å². The Bertz CT molecular complexity index is 147. The fraction of sp³-hybridized carbons (Fsp3) is 1.00. The molecule has 0 spiro atoms. The molecule has 0 aromatic carbocycles. The Morgan fingerprint density at radius 2 is 2.25 bits per heavy atom. The summed E-state index contributed by atoms with van der Waals surface area (Å²) >= 11 is 0. The summed E-state index contributed by atoms with van der Waals surface area (Å²) in [7, 11) is 0. The van der Waals surface area contributed by atoms with Gasteiger partial charge in [-0.2, -0.15) is 0 Å². The molecule has 1 saturated heterocycles. The van der Waals surface area contributed by atoms with Crippen molar-refractivity contribution in [1.29, 1.82) is 0 Å². The minimum absolute atomic E-state index is 0.146. The van der Waals surface area contributed by atoms with Crippen LogP contribution in [0.1, 0.15) is 20.8 Å². The molecule has 1 aliphatic rings. The highest BCUT2D eigenvalue weighted by molar-refractivity contribution is 4.78. The number of rotatable bonds is 2.